The predicted molar refractivity (Wildman–Crippen MR) is 111 cm³/mol. The maximum atomic E-state index is 12.2. The smallest absolute Gasteiger partial charge is 0.223 e. The first kappa shape index (κ1) is 19.4. The fraction of sp³-hybridized carbons (Fsp3) is 0.364. The molecule has 0 saturated carbocycles. The number of hydrogen-bond acceptors (Lipinski definition) is 2. The minimum Gasteiger partial charge on any atom is -0.355 e. The number of aromatic nitrogens is 2. The monoisotopic (exact) mass is 383 g/mol. The molecule has 0 bridgehead atoms. The van der Waals surface area contributed by atoms with Gasteiger partial charge in [0.05, 0.1) is 11.0 Å². The number of carbonyl (C=O) groups excluding carboxylic acids is 1. The molecule has 0 fully saturated rings. The first-order valence-electron chi connectivity index (χ1n) is 9.58. The lowest BCUT2D eigenvalue weighted by atomic mass is 10.0. The molecule has 4 nitrogen and oxygen atoms in total. The Labute approximate surface area is 165 Å². The van der Waals surface area contributed by atoms with E-state index in [1.54, 1.807) is 0 Å². The first-order valence-corrected chi connectivity index (χ1v) is 9.96. The lowest BCUT2D eigenvalue weighted by molar-refractivity contribution is -0.125. The van der Waals surface area contributed by atoms with Crippen LogP contribution in [0.4, 0.5) is 0 Å². The zero-order valence-corrected chi connectivity index (χ0v) is 16.7. The highest BCUT2D eigenvalue weighted by atomic mass is 35.5. The largest absolute Gasteiger partial charge is 0.355 e. The number of fused-ring (bicyclic) bond motifs is 1. The van der Waals surface area contributed by atoms with Crippen molar-refractivity contribution < 1.29 is 4.79 Å². The van der Waals surface area contributed by atoms with Gasteiger partial charge in [-0.25, -0.2) is 4.98 Å². The van der Waals surface area contributed by atoms with E-state index in [2.05, 4.69) is 29.8 Å². The number of carbonyl (C=O) groups is 1. The van der Waals surface area contributed by atoms with Crippen LogP contribution in [0.2, 0.25) is 5.02 Å². The average Bonchev–Trinajstić information content (AvgIpc) is 3.02. The summed E-state index contributed by atoms with van der Waals surface area (Å²) < 4.78 is 2.22. The highest BCUT2D eigenvalue weighted by molar-refractivity contribution is 6.30. The van der Waals surface area contributed by atoms with Gasteiger partial charge in [0, 0.05) is 30.5 Å². The molecule has 1 heterocycles. The summed E-state index contributed by atoms with van der Waals surface area (Å²) in [5, 5.41) is 3.80. The quantitative estimate of drug-likeness (QED) is 0.605. The number of halogens is 1. The van der Waals surface area contributed by atoms with Crippen molar-refractivity contribution in [3.05, 3.63) is 64.9 Å². The van der Waals surface area contributed by atoms with Gasteiger partial charge < -0.3 is 9.88 Å². The molecule has 0 radical (unpaired) electrons. The van der Waals surface area contributed by atoms with Crippen molar-refractivity contribution in [1.82, 2.24) is 14.9 Å². The van der Waals surface area contributed by atoms with Gasteiger partial charge in [-0.1, -0.05) is 49.7 Å². The summed E-state index contributed by atoms with van der Waals surface area (Å²) in [4.78, 5) is 17.0. The molecule has 1 aromatic heterocycles. The van der Waals surface area contributed by atoms with Crippen molar-refractivity contribution >= 4 is 28.5 Å². The maximum absolute atomic E-state index is 12.2. The van der Waals surface area contributed by atoms with E-state index in [9.17, 15) is 4.79 Å². The lowest BCUT2D eigenvalue weighted by Gasteiger charge is -2.13. The van der Waals surface area contributed by atoms with Crippen LogP contribution in [0.15, 0.2) is 48.5 Å². The number of nitrogens with zero attached hydrogens (tertiary/aromatic N) is 2. The van der Waals surface area contributed by atoms with E-state index < -0.39 is 0 Å². The van der Waals surface area contributed by atoms with Crippen LogP contribution in [0, 0.1) is 5.92 Å². The highest BCUT2D eigenvalue weighted by Gasteiger charge is 2.15. The fourth-order valence-electron chi connectivity index (χ4n) is 3.37. The maximum Gasteiger partial charge on any atom is 0.223 e. The predicted octanol–water partition coefficient (Wildman–Crippen LogP) is 4.83. The molecule has 1 N–H and O–H groups in total. The van der Waals surface area contributed by atoms with Gasteiger partial charge in [0.15, 0.2) is 0 Å². The number of nitrogens with one attached hydrogen (secondary N) is 1. The lowest BCUT2D eigenvalue weighted by Crippen LogP contribution is -2.32. The fourth-order valence-corrected chi connectivity index (χ4v) is 3.49. The molecule has 5 heteroatoms. The number of para-hydroxylation sites is 2. The minimum absolute atomic E-state index is 0.0953. The van der Waals surface area contributed by atoms with E-state index in [1.807, 2.05) is 42.5 Å². The SMILES string of the molecule is CCC(CC)C(=O)NCCc1nc2ccccc2n1Cc1ccc(Cl)cc1. The van der Waals surface area contributed by atoms with Crippen LogP contribution in [-0.4, -0.2) is 22.0 Å². The Morgan fingerprint density at radius 3 is 2.52 bits per heavy atom. The van der Waals surface area contributed by atoms with Gasteiger partial charge in [-0.3, -0.25) is 4.79 Å². The topological polar surface area (TPSA) is 46.9 Å². The van der Waals surface area contributed by atoms with E-state index in [0.29, 0.717) is 13.0 Å². The van der Waals surface area contributed by atoms with Gasteiger partial charge in [-0.2, -0.15) is 0 Å². The summed E-state index contributed by atoms with van der Waals surface area (Å²) >= 11 is 6.01. The van der Waals surface area contributed by atoms with Crippen LogP contribution in [0.3, 0.4) is 0 Å². The van der Waals surface area contributed by atoms with Crippen LogP contribution in [0.25, 0.3) is 11.0 Å². The van der Waals surface area contributed by atoms with Gasteiger partial charge in [-0.15, -0.1) is 0 Å². The molecule has 0 aliphatic rings. The van der Waals surface area contributed by atoms with Crippen molar-refractivity contribution in [2.75, 3.05) is 6.54 Å². The second-order valence-electron chi connectivity index (χ2n) is 6.78. The summed E-state index contributed by atoms with van der Waals surface area (Å²) in [5.41, 5.74) is 3.26. The first-order chi connectivity index (χ1) is 13.1. The molecule has 3 rings (SSSR count). The minimum atomic E-state index is 0.0953. The van der Waals surface area contributed by atoms with Crippen molar-refractivity contribution in [1.29, 1.82) is 0 Å². The Hall–Kier alpha value is -2.33. The number of rotatable bonds is 8. The molecule has 1 amide bonds. The van der Waals surface area contributed by atoms with Crippen molar-refractivity contribution in [3.8, 4) is 0 Å². The second-order valence-corrected chi connectivity index (χ2v) is 7.22. The number of benzene rings is 2. The molecule has 0 spiro atoms. The van der Waals surface area contributed by atoms with Gasteiger partial charge in [0.2, 0.25) is 5.91 Å². The molecule has 3 aromatic rings. The molecular formula is C22H26ClN3O. The third-order valence-electron chi connectivity index (χ3n) is 4.99. The van der Waals surface area contributed by atoms with Crippen LogP contribution in [0.1, 0.15) is 38.1 Å². The number of hydrogen-bond donors (Lipinski definition) is 1. The zero-order valence-electron chi connectivity index (χ0n) is 15.9. The molecule has 0 saturated heterocycles. The Balaban J connectivity index is 1.78. The van der Waals surface area contributed by atoms with Crippen molar-refractivity contribution in [2.45, 2.75) is 39.7 Å². The zero-order chi connectivity index (χ0) is 19.2. The number of amides is 1. The normalized spacial score (nSPS) is 11.3. The number of imidazole rings is 1. The highest BCUT2D eigenvalue weighted by Crippen LogP contribution is 2.19. The molecule has 2 aromatic carbocycles. The van der Waals surface area contributed by atoms with Crippen LogP contribution >= 0.6 is 11.6 Å². The van der Waals surface area contributed by atoms with Gasteiger partial charge in [0.25, 0.3) is 0 Å². The molecule has 142 valence electrons. The Morgan fingerprint density at radius 1 is 1.11 bits per heavy atom. The van der Waals surface area contributed by atoms with Gasteiger partial charge >= 0.3 is 0 Å². The summed E-state index contributed by atoms with van der Waals surface area (Å²) in [7, 11) is 0. The van der Waals surface area contributed by atoms with E-state index >= 15 is 0 Å². The Bertz CT molecular complexity index is 898. The molecule has 0 atom stereocenters. The second kappa shape index (κ2) is 9.05. The Morgan fingerprint density at radius 2 is 1.81 bits per heavy atom. The van der Waals surface area contributed by atoms with Crippen LogP contribution < -0.4 is 5.32 Å². The summed E-state index contributed by atoms with van der Waals surface area (Å²) in [6, 6.07) is 16.0. The third-order valence-corrected chi connectivity index (χ3v) is 5.24. The summed E-state index contributed by atoms with van der Waals surface area (Å²) in [6.45, 7) is 5.44. The molecule has 0 aliphatic heterocycles. The molecule has 0 unspecified atom stereocenters. The van der Waals surface area contributed by atoms with Crippen molar-refractivity contribution in [2.24, 2.45) is 5.92 Å². The summed E-state index contributed by atoms with van der Waals surface area (Å²) in [5.74, 6) is 1.22. The Kier molecular flexibility index (Phi) is 6.51. The van der Waals surface area contributed by atoms with E-state index in [4.69, 9.17) is 16.6 Å². The third kappa shape index (κ3) is 4.69. The van der Waals surface area contributed by atoms with Gasteiger partial charge in [0.1, 0.15) is 5.82 Å². The van der Waals surface area contributed by atoms with Crippen molar-refractivity contribution in [3.63, 3.8) is 0 Å². The van der Waals surface area contributed by atoms with E-state index in [0.717, 1.165) is 41.3 Å². The van der Waals surface area contributed by atoms with E-state index in [-0.39, 0.29) is 11.8 Å². The average molecular weight is 384 g/mol. The molecular weight excluding hydrogens is 358 g/mol. The standard InChI is InChI=1S/C22H26ClN3O/c1-3-17(4-2)22(27)24-14-13-21-25-19-7-5-6-8-20(19)26(21)15-16-9-11-18(23)12-10-16/h5-12,17H,3-4,13-15H2,1-2H3,(H,24,27). The molecule has 27 heavy (non-hydrogen) atoms. The van der Waals surface area contributed by atoms with Gasteiger partial charge in [-0.05, 0) is 42.7 Å². The van der Waals surface area contributed by atoms with E-state index in [1.165, 1.54) is 5.56 Å². The van der Waals surface area contributed by atoms with Crippen LogP contribution in [-0.2, 0) is 17.8 Å². The molecule has 0 aliphatic carbocycles. The summed E-state index contributed by atoms with van der Waals surface area (Å²) in [6.07, 6.45) is 2.45. The van der Waals surface area contributed by atoms with Crippen LogP contribution in [0.5, 0.6) is 0 Å².